The first kappa shape index (κ1) is 10.2. The molecule has 0 fully saturated rings. The predicted octanol–water partition coefficient (Wildman–Crippen LogP) is 1.39. The summed E-state index contributed by atoms with van der Waals surface area (Å²) >= 11 is 0. The number of ether oxygens (including phenoxy) is 2. The Morgan fingerprint density at radius 3 is 3.06 bits per heavy atom. The summed E-state index contributed by atoms with van der Waals surface area (Å²) in [7, 11) is 5.75. The van der Waals surface area contributed by atoms with Crippen molar-refractivity contribution in [3.05, 3.63) is 48.2 Å². The molecule has 1 aliphatic rings. The summed E-state index contributed by atoms with van der Waals surface area (Å²) < 4.78 is 11.4. The first-order chi connectivity index (χ1) is 8.33. The highest BCUT2D eigenvalue weighted by atomic mass is 16.6. The molecule has 2 aromatic rings. The van der Waals surface area contributed by atoms with Gasteiger partial charge in [0.05, 0.1) is 0 Å². The molecule has 0 saturated heterocycles. The smallest absolute Gasteiger partial charge is 0.257 e. The van der Waals surface area contributed by atoms with Gasteiger partial charge >= 0.3 is 0 Å². The molecule has 0 saturated carbocycles. The lowest BCUT2D eigenvalue weighted by atomic mass is 9.93. The Morgan fingerprint density at radius 2 is 2.18 bits per heavy atom. The van der Waals surface area contributed by atoms with Crippen molar-refractivity contribution < 1.29 is 9.47 Å². The van der Waals surface area contributed by atoms with Gasteiger partial charge in [0.2, 0.25) is 0 Å². The summed E-state index contributed by atoms with van der Waals surface area (Å²) in [5, 5.41) is 0. The van der Waals surface area contributed by atoms with Gasteiger partial charge in [0.1, 0.15) is 14.5 Å². The molecule has 0 bridgehead atoms. The minimum atomic E-state index is -0.152. The van der Waals surface area contributed by atoms with E-state index < -0.39 is 0 Å². The van der Waals surface area contributed by atoms with Crippen LogP contribution >= 0.6 is 0 Å². The average Bonchev–Trinajstić information content (AvgIpc) is 2.38. The third kappa shape index (κ3) is 1.98. The second-order valence-electron chi connectivity index (χ2n) is 3.89. The topological polar surface area (TPSA) is 31.4 Å². The molecule has 2 heterocycles. The van der Waals surface area contributed by atoms with Crippen molar-refractivity contribution in [2.24, 2.45) is 0 Å². The molecule has 1 unspecified atom stereocenters. The van der Waals surface area contributed by atoms with Crippen LogP contribution in [0.2, 0.25) is 0 Å². The first-order valence-corrected chi connectivity index (χ1v) is 5.43. The number of aromatic nitrogens is 1. The van der Waals surface area contributed by atoms with Crippen molar-refractivity contribution in [2.75, 3.05) is 6.61 Å². The fourth-order valence-electron chi connectivity index (χ4n) is 1.83. The molecule has 2 radical (unpaired) electrons. The number of hydrogen-bond donors (Lipinski definition) is 0. The van der Waals surface area contributed by atoms with E-state index in [0.29, 0.717) is 18.2 Å². The van der Waals surface area contributed by atoms with Crippen LogP contribution in [0.1, 0.15) is 11.7 Å². The standard InChI is InChI=1S/C13H10BNO2/c14-10-4-1-3-9(7-10)12-8-16-11-5-2-6-15-13(11)17-12/h1-7,12H,8H2. The van der Waals surface area contributed by atoms with Crippen molar-refractivity contribution in [3.63, 3.8) is 0 Å². The van der Waals surface area contributed by atoms with Gasteiger partial charge in [-0.25, -0.2) is 4.98 Å². The summed E-state index contributed by atoms with van der Waals surface area (Å²) in [6, 6.07) is 11.3. The molecule has 3 nitrogen and oxygen atoms in total. The zero-order valence-electron chi connectivity index (χ0n) is 9.17. The fraction of sp³-hybridized carbons (Fsp3) is 0.154. The zero-order chi connectivity index (χ0) is 11.7. The van der Waals surface area contributed by atoms with Gasteiger partial charge in [0.25, 0.3) is 5.88 Å². The van der Waals surface area contributed by atoms with Crippen LogP contribution in [0.5, 0.6) is 11.6 Å². The van der Waals surface area contributed by atoms with Crippen LogP contribution < -0.4 is 14.9 Å². The average molecular weight is 223 g/mol. The normalized spacial score (nSPS) is 17.8. The van der Waals surface area contributed by atoms with E-state index in [-0.39, 0.29) is 6.10 Å². The highest BCUT2D eigenvalue weighted by molar-refractivity contribution is 6.32. The predicted molar refractivity (Wildman–Crippen MR) is 64.9 cm³/mol. The van der Waals surface area contributed by atoms with Gasteiger partial charge < -0.3 is 9.47 Å². The largest absolute Gasteiger partial charge is 0.484 e. The number of rotatable bonds is 1. The van der Waals surface area contributed by atoms with Crippen molar-refractivity contribution in [2.45, 2.75) is 6.10 Å². The van der Waals surface area contributed by atoms with E-state index in [2.05, 4.69) is 4.98 Å². The summed E-state index contributed by atoms with van der Waals surface area (Å²) in [5.41, 5.74) is 1.72. The van der Waals surface area contributed by atoms with Gasteiger partial charge in [-0.2, -0.15) is 0 Å². The van der Waals surface area contributed by atoms with Crippen molar-refractivity contribution in [3.8, 4) is 11.6 Å². The molecule has 0 spiro atoms. The van der Waals surface area contributed by atoms with Crippen LogP contribution in [0.25, 0.3) is 0 Å². The lowest BCUT2D eigenvalue weighted by molar-refractivity contribution is 0.0851. The Labute approximate surface area is 101 Å². The molecule has 1 aromatic heterocycles. The SMILES string of the molecule is [B]c1cccc(C2COc3cccnc3O2)c1. The maximum atomic E-state index is 5.78. The van der Waals surface area contributed by atoms with Gasteiger partial charge in [-0.1, -0.05) is 29.7 Å². The maximum absolute atomic E-state index is 5.78. The van der Waals surface area contributed by atoms with E-state index in [1.54, 1.807) is 6.20 Å². The summed E-state index contributed by atoms with van der Waals surface area (Å²) in [6.07, 6.45) is 1.53. The van der Waals surface area contributed by atoms with Gasteiger partial charge in [0, 0.05) is 6.20 Å². The molecular weight excluding hydrogens is 213 g/mol. The monoisotopic (exact) mass is 223 g/mol. The molecule has 4 heteroatoms. The minimum absolute atomic E-state index is 0.152. The molecule has 1 aliphatic heterocycles. The molecule has 17 heavy (non-hydrogen) atoms. The van der Waals surface area contributed by atoms with Gasteiger partial charge in [0.15, 0.2) is 11.9 Å². The molecule has 0 aliphatic carbocycles. The number of benzene rings is 1. The zero-order valence-corrected chi connectivity index (χ0v) is 9.17. The number of nitrogens with zero attached hydrogens (tertiary/aromatic N) is 1. The molecule has 0 amide bonds. The van der Waals surface area contributed by atoms with E-state index >= 15 is 0 Å². The van der Waals surface area contributed by atoms with E-state index in [0.717, 1.165) is 11.0 Å². The highest BCUT2D eigenvalue weighted by Gasteiger charge is 2.23. The molecule has 0 N–H and O–H groups in total. The fourth-order valence-corrected chi connectivity index (χ4v) is 1.83. The van der Waals surface area contributed by atoms with Crippen LogP contribution in [0.3, 0.4) is 0 Å². The summed E-state index contributed by atoms with van der Waals surface area (Å²) in [5.74, 6) is 1.22. The quantitative estimate of drug-likeness (QED) is 0.684. The molecular formula is C13H10BNO2. The third-order valence-corrected chi connectivity index (χ3v) is 2.66. The van der Waals surface area contributed by atoms with Crippen molar-refractivity contribution in [1.82, 2.24) is 4.98 Å². The second-order valence-corrected chi connectivity index (χ2v) is 3.89. The highest BCUT2D eigenvalue weighted by Crippen LogP contribution is 2.33. The van der Waals surface area contributed by atoms with Crippen LogP contribution in [0.4, 0.5) is 0 Å². The van der Waals surface area contributed by atoms with Gasteiger partial charge in [-0.05, 0) is 17.7 Å². The van der Waals surface area contributed by atoms with Crippen LogP contribution in [-0.4, -0.2) is 19.4 Å². The summed E-state index contributed by atoms with van der Waals surface area (Å²) in [4.78, 5) is 4.14. The van der Waals surface area contributed by atoms with Gasteiger partial charge in [-0.15, -0.1) is 0 Å². The number of fused-ring (bicyclic) bond motifs is 1. The van der Waals surface area contributed by atoms with Crippen LogP contribution in [-0.2, 0) is 0 Å². The minimum Gasteiger partial charge on any atom is -0.484 e. The third-order valence-electron chi connectivity index (χ3n) is 2.66. The summed E-state index contributed by atoms with van der Waals surface area (Å²) in [6.45, 7) is 0.474. The van der Waals surface area contributed by atoms with E-state index in [9.17, 15) is 0 Å². The van der Waals surface area contributed by atoms with E-state index in [1.807, 2.05) is 36.4 Å². The number of hydrogen-bond acceptors (Lipinski definition) is 3. The Morgan fingerprint density at radius 1 is 1.24 bits per heavy atom. The first-order valence-electron chi connectivity index (χ1n) is 5.43. The molecule has 3 rings (SSSR count). The Kier molecular flexibility index (Phi) is 2.48. The van der Waals surface area contributed by atoms with Crippen LogP contribution in [0.15, 0.2) is 42.6 Å². The van der Waals surface area contributed by atoms with Crippen molar-refractivity contribution >= 4 is 13.3 Å². The second kappa shape index (κ2) is 4.13. The lowest BCUT2D eigenvalue weighted by Crippen LogP contribution is -2.23. The Hall–Kier alpha value is -1.97. The molecule has 1 atom stereocenters. The van der Waals surface area contributed by atoms with E-state index in [1.165, 1.54) is 0 Å². The van der Waals surface area contributed by atoms with Crippen molar-refractivity contribution in [1.29, 1.82) is 0 Å². The van der Waals surface area contributed by atoms with Crippen LogP contribution in [0, 0.1) is 0 Å². The maximum Gasteiger partial charge on any atom is 0.257 e. The number of pyridine rings is 1. The Balaban J connectivity index is 1.89. The van der Waals surface area contributed by atoms with Gasteiger partial charge in [-0.3, -0.25) is 0 Å². The van der Waals surface area contributed by atoms with E-state index in [4.69, 9.17) is 17.3 Å². The molecule has 1 aromatic carbocycles. The molecule has 82 valence electrons. The lowest BCUT2D eigenvalue weighted by Gasteiger charge is -2.25. The Bertz CT molecular complexity index is 544.